The molecule has 12 aromatic carbocycles. The number of allylic oxidation sites excluding steroid dienone is 4. The SMILES string of the molecule is CC/C1=C(\c2ccccc2)c2ccc(OCCN(C)C)cc2CCc2ccccc21.CC/C1=C(\c2ccccc2)c2ccc(OCCN(C)C)cc2CCc2ccccc21.CC/C1=C(\c2ccccc2)c2ccc(OCCN(C)C)cc2CCc2ccccc21.CC/C1=C(\c2ccccc2)c2ccc(OCCN(C)C)cc2CCc2ccccc21.O. The van der Waals surface area contributed by atoms with Gasteiger partial charge in [-0.3, -0.25) is 0 Å². The Morgan fingerprint density at radius 1 is 0.207 bits per heavy atom. The highest BCUT2D eigenvalue weighted by Crippen LogP contribution is 2.46. The van der Waals surface area contributed by atoms with Gasteiger partial charge < -0.3 is 44.0 Å². The molecule has 16 rings (SSSR count). The first-order valence-electron chi connectivity index (χ1n) is 43.8. The van der Waals surface area contributed by atoms with Gasteiger partial charge in [0.1, 0.15) is 49.4 Å². The quantitative estimate of drug-likeness (QED) is 0.0592. The van der Waals surface area contributed by atoms with E-state index in [9.17, 15) is 0 Å². The summed E-state index contributed by atoms with van der Waals surface area (Å²) >= 11 is 0. The molecule has 0 aliphatic heterocycles. The summed E-state index contributed by atoms with van der Waals surface area (Å²) in [4.78, 5) is 8.59. The van der Waals surface area contributed by atoms with Crippen LogP contribution >= 0.6 is 0 Å². The first kappa shape index (κ1) is 88.9. The molecule has 12 aromatic rings. The molecule has 0 heterocycles. The number of ether oxygens (including phenoxy) is 4. The molecular formula is C112H126N4O5. The highest BCUT2D eigenvalue weighted by Gasteiger charge is 2.27. The zero-order valence-electron chi connectivity index (χ0n) is 73.8. The number of nitrogens with zero attached hydrogens (tertiary/aromatic N) is 4. The van der Waals surface area contributed by atoms with E-state index in [1.165, 1.54) is 156 Å². The molecule has 4 aliphatic rings. The van der Waals surface area contributed by atoms with Crippen LogP contribution in [0.3, 0.4) is 0 Å². The third kappa shape index (κ3) is 22.8. The van der Waals surface area contributed by atoms with Crippen LogP contribution in [0.15, 0.2) is 291 Å². The monoisotopic (exact) mass is 1610 g/mol. The normalized spacial score (nSPS) is 15.7. The Hall–Kier alpha value is -11.4. The third-order valence-corrected chi connectivity index (χ3v) is 23.5. The second-order valence-electron chi connectivity index (χ2n) is 32.8. The van der Waals surface area contributed by atoms with Gasteiger partial charge in [-0.2, -0.15) is 0 Å². The molecule has 4 aliphatic carbocycles. The van der Waals surface area contributed by atoms with Crippen LogP contribution in [-0.4, -0.2) is 134 Å². The number of rotatable bonds is 24. The number of hydrogen-bond donors (Lipinski definition) is 0. The topological polar surface area (TPSA) is 81.4 Å². The fourth-order valence-corrected chi connectivity index (χ4v) is 17.4. The molecule has 0 saturated heterocycles. The molecule has 9 heteroatoms. The van der Waals surface area contributed by atoms with E-state index in [2.05, 4.69) is 395 Å². The smallest absolute Gasteiger partial charge is 0.119 e. The summed E-state index contributed by atoms with van der Waals surface area (Å²) in [6, 6.07) is 106. The van der Waals surface area contributed by atoms with E-state index >= 15 is 0 Å². The van der Waals surface area contributed by atoms with Gasteiger partial charge in [0.25, 0.3) is 0 Å². The van der Waals surface area contributed by atoms with Gasteiger partial charge in [-0.05, 0) is 338 Å². The van der Waals surface area contributed by atoms with E-state index in [4.69, 9.17) is 18.9 Å². The summed E-state index contributed by atoms with van der Waals surface area (Å²) in [7, 11) is 16.6. The van der Waals surface area contributed by atoms with Gasteiger partial charge in [-0.25, -0.2) is 0 Å². The van der Waals surface area contributed by atoms with Crippen molar-refractivity contribution in [2.24, 2.45) is 0 Å². The van der Waals surface area contributed by atoms with Crippen LogP contribution in [0.4, 0.5) is 0 Å². The third-order valence-electron chi connectivity index (χ3n) is 23.5. The first-order valence-corrected chi connectivity index (χ1v) is 43.8. The molecule has 0 bridgehead atoms. The van der Waals surface area contributed by atoms with Gasteiger partial charge in [-0.15, -0.1) is 0 Å². The largest absolute Gasteiger partial charge is 0.492 e. The average Bonchev–Trinajstić information content (AvgIpc) is 0.787. The van der Waals surface area contributed by atoms with Crippen molar-refractivity contribution in [2.45, 2.75) is 105 Å². The van der Waals surface area contributed by atoms with Crippen molar-refractivity contribution in [2.75, 3.05) is 109 Å². The van der Waals surface area contributed by atoms with Crippen LogP contribution in [0.25, 0.3) is 44.6 Å². The molecule has 624 valence electrons. The Bertz CT molecular complexity index is 4820. The van der Waals surface area contributed by atoms with Gasteiger partial charge in [-0.1, -0.05) is 270 Å². The van der Waals surface area contributed by atoms with Gasteiger partial charge in [0.05, 0.1) is 0 Å². The average molecular weight is 1610 g/mol. The number of likely N-dealkylation sites (N-methyl/N-ethyl adjacent to an activating group) is 4. The van der Waals surface area contributed by atoms with Crippen molar-refractivity contribution in [3.05, 3.63) is 402 Å². The van der Waals surface area contributed by atoms with Crippen molar-refractivity contribution in [3.63, 3.8) is 0 Å². The molecule has 121 heavy (non-hydrogen) atoms. The standard InChI is InChI=1S/4C28H31NO.H2O/c4*1-4-25-26-13-9-8-10-21(26)14-15-23-20-24(30-19-18-29(2)3)16-17-27(23)28(25)22-11-6-5-7-12-22;/h4*5-13,16-17,20H,4,14-15,18-19H2,1-3H3;1H2/b4*28-25-;. The lowest BCUT2D eigenvalue weighted by molar-refractivity contribution is 0.261. The van der Waals surface area contributed by atoms with Gasteiger partial charge in [0.2, 0.25) is 0 Å². The summed E-state index contributed by atoms with van der Waals surface area (Å²) < 4.78 is 24.2. The number of hydrogen-bond acceptors (Lipinski definition) is 8. The van der Waals surface area contributed by atoms with Crippen LogP contribution in [0, 0.1) is 0 Å². The van der Waals surface area contributed by atoms with Gasteiger partial charge >= 0.3 is 0 Å². The summed E-state index contributed by atoms with van der Waals surface area (Å²) in [5.74, 6) is 3.87. The predicted molar refractivity (Wildman–Crippen MR) is 512 cm³/mol. The van der Waals surface area contributed by atoms with E-state index in [1.54, 1.807) is 0 Å². The zero-order chi connectivity index (χ0) is 83.7. The minimum absolute atomic E-state index is 0. The maximum atomic E-state index is 6.06. The lowest BCUT2D eigenvalue weighted by Crippen LogP contribution is -2.19. The van der Waals surface area contributed by atoms with E-state index in [-0.39, 0.29) is 5.48 Å². The summed E-state index contributed by atoms with van der Waals surface area (Å²) in [6.07, 6.45) is 12.3. The van der Waals surface area contributed by atoms with Crippen LogP contribution in [0.1, 0.15) is 165 Å². The second kappa shape index (κ2) is 44.2. The molecule has 0 radical (unpaired) electrons. The Balaban J connectivity index is 0.000000147. The van der Waals surface area contributed by atoms with Crippen molar-refractivity contribution in [3.8, 4) is 23.0 Å². The number of benzene rings is 12. The highest BCUT2D eigenvalue weighted by atomic mass is 16.5. The van der Waals surface area contributed by atoms with Crippen molar-refractivity contribution < 1.29 is 24.4 Å². The molecule has 2 N–H and O–H groups in total. The Morgan fingerprint density at radius 3 is 0.579 bits per heavy atom. The van der Waals surface area contributed by atoms with E-state index in [0.29, 0.717) is 26.4 Å². The Labute approximate surface area is 723 Å². The van der Waals surface area contributed by atoms with E-state index in [1.807, 2.05) is 0 Å². The zero-order valence-corrected chi connectivity index (χ0v) is 73.8. The van der Waals surface area contributed by atoms with E-state index < -0.39 is 0 Å². The van der Waals surface area contributed by atoms with Crippen molar-refractivity contribution in [1.29, 1.82) is 0 Å². The Kier molecular flexibility index (Phi) is 32.5. The maximum Gasteiger partial charge on any atom is 0.119 e. The molecule has 0 fully saturated rings. The first-order chi connectivity index (χ1) is 58.7. The summed E-state index contributed by atoms with van der Waals surface area (Å²) in [5, 5.41) is 0. The minimum Gasteiger partial charge on any atom is -0.492 e. The minimum atomic E-state index is 0. The molecule has 0 amide bonds. The Morgan fingerprint density at radius 2 is 0.388 bits per heavy atom. The molecule has 9 nitrogen and oxygen atoms in total. The lowest BCUT2D eigenvalue weighted by atomic mass is 9.80. The van der Waals surface area contributed by atoms with Crippen LogP contribution in [0.5, 0.6) is 23.0 Å². The number of aryl methyl sites for hydroxylation is 8. The van der Waals surface area contributed by atoms with Crippen LogP contribution in [-0.2, 0) is 51.4 Å². The molecule has 0 spiro atoms. The molecule has 0 saturated carbocycles. The van der Waals surface area contributed by atoms with Gasteiger partial charge in [0.15, 0.2) is 0 Å². The highest BCUT2D eigenvalue weighted by molar-refractivity contribution is 6.04. The van der Waals surface area contributed by atoms with E-state index in [0.717, 1.165) is 126 Å². The fraction of sp³-hybridized carbons (Fsp3) is 0.286. The molecule has 0 atom stereocenters. The second-order valence-corrected chi connectivity index (χ2v) is 32.8. The summed E-state index contributed by atoms with van der Waals surface area (Å²) in [6.45, 7) is 15.6. The van der Waals surface area contributed by atoms with Crippen molar-refractivity contribution >= 4 is 44.6 Å². The predicted octanol–water partition coefficient (Wildman–Crippen LogP) is 23.6. The summed E-state index contributed by atoms with van der Waals surface area (Å²) in [5.41, 5.74) is 38.5. The number of fused-ring (bicyclic) bond motifs is 8. The molecular weight excluding hydrogens is 1480 g/mol. The molecule has 0 unspecified atom stereocenters. The lowest BCUT2D eigenvalue weighted by Gasteiger charge is -2.24. The van der Waals surface area contributed by atoms with Crippen LogP contribution in [0.2, 0.25) is 0 Å². The van der Waals surface area contributed by atoms with Crippen molar-refractivity contribution in [1.82, 2.24) is 19.6 Å². The fourth-order valence-electron chi connectivity index (χ4n) is 17.4. The maximum absolute atomic E-state index is 6.06. The van der Waals surface area contributed by atoms with Crippen LogP contribution < -0.4 is 18.9 Å². The van der Waals surface area contributed by atoms with Gasteiger partial charge in [0, 0.05) is 26.2 Å². The molecule has 0 aromatic heterocycles.